The number of Topliss-reactive ketones (excluding diaryl/α,β-unsaturated/α-hetero) is 1. The largest absolute Gasteiger partial charge is 0.491 e. The van der Waals surface area contributed by atoms with Gasteiger partial charge in [-0.25, -0.2) is 0 Å². The number of aryl methyl sites for hydroxylation is 5. The predicted molar refractivity (Wildman–Crippen MR) is 447 cm³/mol. The molecule has 125 heavy (non-hydrogen) atoms. The fraction of sp³-hybridized carbons (Fsp3) is 0.295. The number of aromatic nitrogens is 6. The highest BCUT2D eigenvalue weighted by Gasteiger charge is 2.37. The van der Waals surface area contributed by atoms with Crippen molar-refractivity contribution in [1.29, 1.82) is 0 Å². The lowest BCUT2D eigenvalue weighted by Crippen LogP contribution is -2.35. The molecule has 18 nitrogen and oxygen atoms in total. The van der Waals surface area contributed by atoms with Crippen LogP contribution in [0.25, 0.3) is 0 Å². The van der Waals surface area contributed by atoms with E-state index in [4.69, 9.17) is 23.7 Å². The zero-order chi connectivity index (χ0) is 89.5. The second-order valence-electron chi connectivity index (χ2n) is 29.9. The van der Waals surface area contributed by atoms with Gasteiger partial charge in [0.05, 0.1) is 28.8 Å². The number of halogens is 12. The maximum atomic E-state index is 12.7. The molecule has 4 atom stereocenters. The van der Waals surface area contributed by atoms with E-state index in [-0.39, 0.29) is 68.3 Å². The number of ether oxygens (including phenoxy) is 5. The lowest BCUT2D eigenvalue weighted by molar-refractivity contribution is -0.138. The minimum atomic E-state index is -4.40. The van der Waals surface area contributed by atoms with Crippen LogP contribution in [-0.2, 0) is 80.0 Å². The molecule has 0 radical (unpaired) electrons. The van der Waals surface area contributed by atoms with Crippen molar-refractivity contribution in [3.8, 4) is 23.0 Å². The third-order valence-corrected chi connectivity index (χ3v) is 20.0. The van der Waals surface area contributed by atoms with Crippen molar-refractivity contribution in [2.24, 2.45) is 0 Å². The average Bonchev–Trinajstić information content (AvgIpc) is 1.67. The number of carbonyl (C=O) groups is 1. The van der Waals surface area contributed by atoms with Crippen molar-refractivity contribution in [3.63, 3.8) is 0 Å². The van der Waals surface area contributed by atoms with Crippen LogP contribution in [0, 0.1) is 34.6 Å². The van der Waals surface area contributed by atoms with Gasteiger partial charge in [-0.05, 0) is 229 Å². The number of pyridine rings is 6. The van der Waals surface area contributed by atoms with Gasteiger partial charge in [-0.1, -0.05) is 72.8 Å². The third kappa shape index (κ3) is 31.6. The minimum absolute atomic E-state index is 0.0418. The van der Waals surface area contributed by atoms with Crippen LogP contribution in [0.15, 0.2) is 274 Å². The maximum absolute atomic E-state index is 12.7. The first-order chi connectivity index (χ1) is 59.7. The van der Waals surface area contributed by atoms with Crippen LogP contribution in [0.5, 0.6) is 23.0 Å². The number of hydrogen-bond acceptors (Lipinski definition) is 18. The van der Waals surface area contributed by atoms with Crippen LogP contribution >= 0.6 is 0 Å². The molecule has 6 aromatic carbocycles. The van der Waals surface area contributed by atoms with E-state index >= 15 is 0 Å². The van der Waals surface area contributed by atoms with E-state index in [1.165, 1.54) is 48.5 Å². The molecule has 12 aromatic rings. The molecule has 6 aromatic heterocycles. The van der Waals surface area contributed by atoms with Crippen molar-refractivity contribution >= 4 is 5.78 Å². The highest BCUT2D eigenvalue weighted by molar-refractivity contribution is 5.82. The first-order valence-electron chi connectivity index (χ1n) is 39.9. The number of aliphatic hydroxyl groups is 2. The number of rotatable bonds is 33. The first kappa shape index (κ1) is 95.2. The highest BCUT2D eigenvalue weighted by atomic mass is 19.4. The van der Waals surface area contributed by atoms with Crippen LogP contribution in [0.2, 0.25) is 0 Å². The Morgan fingerprint density at radius 3 is 1.18 bits per heavy atom. The van der Waals surface area contributed by atoms with Gasteiger partial charge in [-0.2, -0.15) is 52.7 Å². The molecule has 2 N–H and O–H groups in total. The van der Waals surface area contributed by atoms with Gasteiger partial charge in [-0.15, -0.1) is 0 Å². The van der Waals surface area contributed by atoms with Gasteiger partial charge in [0.15, 0.2) is 5.78 Å². The van der Waals surface area contributed by atoms with Gasteiger partial charge in [-0.3, -0.25) is 54.3 Å². The molecule has 30 heteroatoms. The molecule has 1 aliphatic rings. The molecule has 13 rings (SSSR count). The SMILES string of the molecule is Cc1ccncc1C1OC(COc2ccc(C(F)(F)F)cc2)CN1Cc1cccnc1.Cc1ccncc1CN(Cc1cccnc1C)CC(O)COc1ccc(C(F)(F)F)cc1.Cc1ccncc1CN(Cc1cnccc1C)CC(O)COc1ccc(C(F)(F)F)cc1.O=C(COc1ccc(C(F)(F)F)cc1)CN(Cc1ccccc1)Cc1ccccc1. The normalized spacial score (nSPS) is 14.1. The van der Waals surface area contributed by atoms with Gasteiger partial charge in [0.1, 0.15) is 74.0 Å². The fourth-order valence-electron chi connectivity index (χ4n) is 13.2. The van der Waals surface area contributed by atoms with Gasteiger partial charge < -0.3 is 33.9 Å². The Labute approximate surface area is 717 Å². The fourth-order valence-corrected chi connectivity index (χ4v) is 13.2. The summed E-state index contributed by atoms with van der Waals surface area (Å²) in [4.78, 5) is 46.2. The van der Waals surface area contributed by atoms with Crippen molar-refractivity contribution in [2.45, 2.75) is 130 Å². The van der Waals surface area contributed by atoms with E-state index in [2.05, 4.69) is 44.6 Å². The lowest BCUT2D eigenvalue weighted by atomic mass is 10.1. The highest BCUT2D eigenvalue weighted by Crippen LogP contribution is 2.37. The van der Waals surface area contributed by atoms with Crippen molar-refractivity contribution < 1.29 is 91.4 Å². The van der Waals surface area contributed by atoms with Crippen molar-refractivity contribution in [3.05, 3.63) is 369 Å². The van der Waals surface area contributed by atoms with Crippen LogP contribution in [0.4, 0.5) is 52.7 Å². The number of carbonyl (C=O) groups excluding carboxylic acids is 1. The van der Waals surface area contributed by atoms with Crippen molar-refractivity contribution in [1.82, 2.24) is 49.5 Å². The molecule has 0 bridgehead atoms. The Kier molecular flexibility index (Phi) is 35.1. The summed E-state index contributed by atoms with van der Waals surface area (Å²) in [5.41, 5.74) is 10.7. The van der Waals surface area contributed by atoms with Crippen LogP contribution in [0.3, 0.4) is 0 Å². The topological polar surface area (TPSA) is 194 Å². The van der Waals surface area contributed by atoms with E-state index in [1.807, 2.05) is 174 Å². The number of nitrogens with zero attached hydrogens (tertiary/aromatic N) is 10. The second-order valence-corrected chi connectivity index (χ2v) is 29.9. The van der Waals surface area contributed by atoms with Crippen molar-refractivity contribution in [2.75, 3.05) is 52.6 Å². The molecule has 0 spiro atoms. The Balaban J connectivity index is 0.000000174. The minimum Gasteiger partial charge on any atom is -0.491 e. The monoisotopic (exact) mass is 1730 g/mol. The summed E-state index contributed by atoms with van der Waals surface area (Å²) in [5, 5.41) is 21.2. The van der Waals surface area contributed by atoms with E-state index in [9.17, 15) is 67.7 Å². The third-order valence-electron chi connectivity index (χ3n) is 20.0. The number of hydrogen-bond donors (Lipinski definition) is 2. The summed E-state index contributed by atoms with van der Waals surface area (Å²) in [7, 11) is 0. The maximum Gasteiger partial charge on any atom is 0.416 e. The van der Waals surface area contributed by atoms with Gasteiger partial charge >= 0.3 is 24.7 Å². The van der Waals surface area contributed by atoms with E-state index < -0.39 is 59.2 Å². The van der Waals surface area contributed by atoms with Crippen LogP contribution in [-0.4, -0.2) is 136 Å². The predicted octanol–water partition coefficient (Wildman–Crippen LogP) is 19.2. The summed E-state index contributed by atoms with van der Waals surface area (Å²) in [6.07, 6.45) is -0.316. The van der Waals surface area contributed by atoms with E-state index in [0.717, 1.165) is 121 Å². The molecule has 1 saturated heterocycles. The molecule has 658 valence electrons. The van der Waals surface area contributed by atoms with Gasteiger partial charge in [0.2, 0.25) is 0 Å². The van der Waals surface area contributed by atoms with Crippen LogP contribution in [0.1, 0.15) is 101 Å². The second kappa shape index (κ2) is 46.1. The number of benzene rings is 6. The molecule has 1 aliphatic heterocycles. The summed E-state index contributed by atoms with van der Waals surface area (Å²) in [6.45, 7) is 15.4. The standard InChI is InChI=1S/2C24H26F3N3O2.C24H22F3NO2.C23H22F3N3O2/c1-17-7-9-28-11-19(17)13-30(14-20-12-29-10-8-18(20)2)15-22(31)16-32-23-5-3-21(4-6-23)24(25,26)27;1-17-9-11-28-12-20(17)14-30(13-19-4-3-10-29-18(19)2)15-22(31)16-32-23-7-5-21(6-8-23)24(25,26)27;25-24(26,27)21-11-13-23(14-12-21)30-18-22(29)17-28(15-19-7-3-1-4-8-19)16-20-9-5-2-6-10-20;1-16-8-10-28-12-21(16)22-29(13-17-3-2-9-27-11-17)14-20(31-22)15-30-19-6-4-18(5-7-19)23(24,25)26/h2*3-12,22,31H,13-16H2,1-2H3;1-14H,15-18H2;2-12,20,22H,13-15H2,1H3. The molecule has 0 amide bonds. The zero-order valence-corrected chi connectivity index (χ0v) is 69.2. The zero-order valence-electron chi connectivity index (χ0n) is 69.2. The number of aliphatic hydroxyl groups excluding tert-OH is 2. The molecule has 1 fully saturated rings. The van der Waals surface area contributed by atoms with Gasteiger partial charge in [0, 0.05) is 145 Å². The van der Waals surface area contributed by atoms with E-state index in [1.54, 1.807) is 43.4 Å². The quantitative estimate of drug-likeness (QED) is 0.0368. The Morgan fingerprint density at radius 1 is 0.408 bits per heavy atom. The number of alkyl halides is 12. The molecular weight excluding hydrogens is 1640 g/mol. The molecule has 0 aliphatic carbocycles. The van der Waals surface area contributed by atoms with Gasteiger partial charge in [0.25, 0.3) is 0 Å². The molecule has 7 heterocycles. The average molecular weight is 1730 g/mol. The summed E-state index contributed by atoms with van der Waals surface area (Å²) < 4.78 is 181. The Bertz CT molecular complexity index is 4950. The Hall–Kier alpha value is -12.0. The molecule has 0 saturated carbocycles. The smallest absolute Gasteiger partial charge is 0.416 e. The first-order valence-corrected chi connectivity index (χ1v) is 39.9. The Morgan fingerprint density at radius 2 is 0.784 bits per heavy atom. The number of ketones is 1. The summed E-state index contributed by atoms with van der Waals surface area (Å²) in [6, 6.07) is 53.1. The van der Waals surface area contributed by atoms with E-state index in [0.29, 0.717) is 71.2 Å². The summed E-state index contributed by atoms with van der Waals surface area (Å²) >= 11 is 0. The molecular formula is C95H96F12N10O8. The van der Waals surface area contributed by atoms with Crippen LogP contribution < -0.4 is 18.9 Å². The summed E-state index contributed by atoms with van der Waals surface area (Å²) in [5.74, 6) is 0.997. The lowest BCUT2D eigenvalue weighted by Gasteiger charge is -2.26. The molecule has 4 unspecified atom stereocenters.